The van der Waals surface area contributed by atoms with E-state index >= 15 is 0 Å². The predicted molar refractivity (Wildman–Crippen MR) is 56.7 cm³/mol. The number of hydrogen-bond acceptors (Lipinski definition) is 1. The average molecular weight is 181 g/mol. The minimum Gasteiger partial charge on any atom is -0.297 e. The van der Waals surface area contributed by atoms with Gasteiger partial charge in [0.05, 0.1) is 0 Å². The van der Waals surface area contributed by atoms with Gasteiger partial charge in [-0.1, -0.05) is 13.8 Å². The largest absolute Gasteiger partial charge is 0.297 e. The van der Waals surface area contributed by atoms with Crippen molar-refractivity contribution in [2.24, 2.45) is 17.8 Å². The summed E-state index contributed by atoms with van der Waals surface area (Å²) in [4.78, 5) is 2.74. The summed E-state index contributed by atoms with van der Waals surface area (Å²) in [5, 5.41) is 0. The van der Waals surface area contributed by atoms with E-state index in [0.717, 1.165) is 29.8 Å². The van der Waals surface area contributed by atoms with Gasteiger partial charge in [0.25, 0.3) is 0 Å². The van der Waals surface area contributed by atoms with Gasteiger partial charge in [-0.3, -0.25) is 4.90 Å². The maximum Gasteiger partial charge on any atom is 0.0152 e. The topological polar surface area (TPSA) is 3.24 Å². The van der Waals surface area contributed by atoms with E-state index in [1.807, 2.05) is 0 Å². The summed E-state index contributed by atoms with van der Waals surface area (Å²) < 4.78 is 0. The van der Waals surface area contributed by atoms with E-state index in [1.54, 1.807) is 0 Å². The Hall–Kier alpha value is -0.0400. The van der Waals surface area contributed by atoms with Gasteiger partial charge >= 0.3 is 0 Å². The SMILES string of the molecule is CC(C)[C@@H]1C2CCC2CN1C(C)C. The zero-order valence-corrected chi connectivity index (χ0v) is 9.46. The van der Waals surface area contributed by atoms with Gasteiger partial charge < -0.3 is 0 Å². The molecular formula is C12H23N. The molecule has 1 aliphatic heterocycles. The summed E-state index contributed by atoms with van der Waals surface area (Å²) in [5.74, 6) is 2.94. The maximum atomic E-state index is 2.74. The van der Waals surface area contributed by atoms with Crippen molar-refractivity contribution in [3.8, 4) is 0 Å². The van der Waals surface area contributed by atoms with Gasteiger partial charge in [-0.05, 0) is 44.4 Å². The summed E-state index contributed by atoms with van der Waals surface area (Å²) in [5.41, 5.74) is 0. The molecule has 0 aromatic rings. The summed E-state index contributed by atoms with van der Waals surface area (Å²) in [7, 11) is 0. The van der Waals surface area contributed by atoms with Crippen LogP contribution >= 0.6 is 0 Å². The molecule has 0 aromatic heterocycles. The van der Waals surface area contributed by atoms with E-state index in [0.29, 0.717) is 0 Å². The van der Waals surface area contributed by atoms with E-state index < -0.39 is 0 Å². The van der Waals surface area contributed by atoms with Gasteiger partial charge in [-0.2, -0.15) is 0 Å². The first kappa shape index (κ1) is 9.51. The quantitative estimate of drug-likeness (QED) is 0.633. The third kappa shape index (κ3) is 1.41. The maximum absolute atomic E-state index is 2.74. The Bertz CT molecular complexity index is 186. The zero-order chi connectivity index (χ0) is 9.59. The molecule has 1 heteroatoms. The van der Waals surface area contributed by atoms with Gasteiger partial charge in [-0.15, -0.1) is 0 Å². The van der Waals surface area contributed by atoms with E-state index in [4.69, 9.17) is 0 Å². The molecule has 2 aliphatic rings. The molecular weight excluding hydrogens is 158 g/mol. The minimum atomic E-state index is 0.748. The third-order valence-electron chi connectivity index (χ3n) is 4.09. The number of nitrogens with zero attached hydrogens (tertiary/aromatic N) is 1. The highest BCUT2D eigenvalue weighted by molar-refractivity contribution is 5.00. The zero-order valence-electron chi connectivity index (χ0n) is 9.46. The first-order valence-electron chi connectivity index (χ1n) is 5.87. The molecule has 2 rings (SSSR count). The lowest BCUT2D eigenvalue weighted by Crippen LogP contribution is -2.41. The molecule has 1 saturated heterocycles. The van der Waals surface area contributed by atoms with E-state index in [-0.39, 0.29) is 0 Å². The van der Waals surface area contributed by atoms with Crippen LogP contribution in [0.4, 0.5) is 0 Å². The Labute approximate surface area is 82.5 Å². The summed E-state index contributed by atoms with van der Waals surface area (Å²) in [6, 6.07) is 1.64. The molecule has 76 valence electrons. The second-order valence-corrected chi connectivity index (χ2v) is 5.53. The van der Waals surface area contributed by atoms with Crippen molar-refractivity contribution < 1.29 is 0 Å². The molecule has 0 aromatic carbocycles. The number of fused-ring (bicyclic) bond motifs is 1. The molecule has 3 atom stereocenters. The second kappa shape index (κ2) is 3.27. The van der Waals surface area contributed by atoms with Crippen LogP contribution in [0.1, 0.15) is 40.5 Å². The summed E-state index contributed by atoms with van der Waals surface area (Å²) in [6.45, 7) is 10.9. The molecule has 1 aliphatic carbocycles. The Balaban J connectivity index is 2.10. The van der Waals surface area contributed by atoms with E-state index in [9.17, 15) is 0 Å². The first-order valence-corrected chi connectivity index (χ1v) is 5.87. The molecule has 1 nitrogen and oxygen atoms in total. The van der Waals surface area contributed by atoms with Crippen LogP contribution in [0.5, 0.6) is 0 Å². The van der Waals surface area contributed by atoms with Gasteiger partial charge in [-0.25, -0.2) is 0 Å². The van der Waals surface area contributed by atoms with Crippen molar-refractivity contribution in [3.05, 3.63) is 0 Å². The first-order chi connectivity index (χ1) is 6.11. The average Bonchev–Trinajstić information content (AvgIpc) is 2.23. The lowest BCUT2D eigenvalue weighted by Gasteiger charge is -2.37. The monoisotopic (exact) mass is 181 g/mol. The number of hydrogen-bond donors (Lipinski definition) is 0. The highest BCUT2D eigenvalue weighted by Crippen LogP contribution is 2.47. The Morgan fingerprint density at radius 1 is 1.08 bits per heavy atom. The van der Waals surface area contributed by atoms with Crippen LogP contribution in [0.15, 0.2) is 0 Å². The Morgan fingerprint density at radius 2 is 1.77 bits per heavy atom. The van der Waals surface area contributed by atoms with Crippen LogP contribution in [0.2, 0.25) is 0 Å². The minimum absolute atomic E-state index is 0.748. The molecule has 1 saturated carbocycles. The lowest BCUT2D eigenvalue weighted by molar-refractivity contribution is 0.123. The van der Waals surface area contributed by atoms with Crippen LogP contribution in [0.25, 0.3) is 0 Å². The Morgan fingerprint density at radius 3 is 2.15 bits per heavy atom. The fourth-order valence-electron chi connectivity index (χ4n) is 3.34. The smallest absolute Gasteiger partial charge is 0.0152 e. The van der Waals surface area contributed by atoms with Crippen molar-refractivity contribution in [1.29, 1.82) is 0 Å². The standard InChI is InChI=1S/C12H23N/c1-8(2)12-11-6-5-10(11)7-13(12)9(3)4/h8-12H,5-7H2,1-4H3/t10?,11?,12-/m1/s1. The third-order valence-corrected chi connectivity index (χ3v) is 4.09. The van der Waals surface area contributed by atoms with E-state index in [2.05, 4.69) is 32.6 Å². The highest BCUT2D eigenvalue weighted by atomic mass is 15.2. The molecule has 0 amide bonds. The molecule has 1 heterocycles. The second-order valence-electron chi connectivity index (χ2n) is 5.53. The van der Waals surface area contributed by atoms with E-state index in [1.165, 1.54) is 19.4 Å². The van der Waals surface area contributed by atoms with Gasteiger partial charge in [0, 0.05) is 18.6 Å². The highest BCUT2D eigenvalue weighted by Gasteiger charge is 2.48. The van der Waals surface area contributed by atoms with Crippen LogP contribution in [-0.4, -0.2) is 23.5 Å². The predicted octanol–water partition coefficient (Wildman–Crippen LogP) is 2.76. The molecule has 0 N–H and O–H groups in total. The van der Waals surface area contributed by atoms with Crippen LogP contribution in [0, 0.1) is 17.8 Å². The van der Waals surface area contributed by atoms with Gasteiger partial charge in [0.15, 0.2) is 0 Å². The normalized spacial score (nSPS) is 39.7. The number of rotatable bonds is 2. The molecule has 0 spiro atoms. The van der Waals surface area contributed by atoms with Gasteiger partial charge in [0.2, 0.25) is 0 Å². The van der Waals surface area contributed by atoms with Crippen molar-refractivity contribution in [3.63, 3.8) is 0 Å². The fourth-order valence-corrected chi connectivity index (χ4v) is 3.34. The molecule has 0 radical (unpaired) electrons. The summed E-state index contributed by atoms with van der Waals surface area (Å²) in [6.07, 6.45) is 2.99. The molecule has 0 bridgehead atoms. The molecule has 2 unspecified atom stereocenters. The van der Waals surface area contributed by atoms with Crippen molar-refractivity contribution >= 4 is 0 Å². The van der Waals surface area contributed by atoms with Crippen molar-refractivity contribution in [1.82, 2.24) is 4.90 Å². The summed E-state index contributed by atoms with van der Waals surface area (Å²) >= 11 is 0. The van der Waals surface area contributed by atoms with Gasteiger partial charge in [0.1, 0.15) is 0 Å². The van der Waals surface area contributed by atoms with Crippen LogP contribution in [-0.2, 0) is 0 Å². The van der Waals surface area contributed by atoms with Crippen LogP contribution in [0.3, 0.4) is 0 Å². The molecule has 13 heavy (non-hydrogen) atoms. The van der Waals surface area contributed by atoms with Crippen LogP contribution < -0.4 is 0 Å². The lowest BCUT2D eigenvalue weighted by atomic mass is 9.71. The molecule has 2 fully saturated rings. The fraction of sp³-hybridized carbons (Fsp3) is 1.00. The van der Waals surface area contributed by atoms with Crippen molar-refractivity contribution in [2.75, 3.05) is 6.54 Å². The van der Waals surface area contributed by atoms with Crippen molar-refractivity contribution in [2.45, 2.75) is 52.6 Å². The Kier molecular flexibility index (Phi) is 2.39. The number of likely N-dealkylation sites (tertiary alicyclic amines) is 1.